The van der Waals surface area contributed by atoms with Crippen molar-refractivity contribution in [3.8, 4) is 5.75 Å². The SMILES string of the molecule is Oc1ccc(CF)cc1CC1CCCCN1. The van der Waals surface area contributed by atoms with E-state index in [0.29, 0.717) is 11.6 Å². The Labute approximate surface area is 95.5 Å². The van der Waals surface area contributed by atoms with Crippen LogP contribution in [-0.2, 0) is 13.1 Å². The Hall–Kier alpha value is -1.09. The van der Waals surface area contributed by atoms with Gasteiger partial charge in [0.25, 0.3) is 0 Å². The average Bonchev–Trinajstić information content (AvgIpc) is 2.33. The first-order chi connectivity index (χ1) is 7.79. The molecular weight excluding hydrogens is 205 g/mol. The van der Waals surface area contributed by atoms with Crippen molar-refractivity contribution in [3.05, 3.63) is 29.3 Å². The number of aromatic hydroxyl groups is 1. The molecule has 1 fully saturated rings. The van der Waals surface area contributed by atoms with E-state index in [1.165, 1.54) is 12.8 Å². The van der Waals surface area contributed by atoms with E-state index in [0.717, 1.165) is 24.9 Å². The molecule has 1 aliphatic heterocycles. The van der Waals surface area contributed by atoms with E-state index in [4.69, 9.17) is 0 Å². The molecule has 1 aliphatic rings. The smallest absolute Gasteiger partial charge is 0.118 e. The van der Waals surface area contributed by atoms with Gasteiger partial charge in [0.1, 0.15) is 12.4 Å². The van der Waals surface area contributed by atoms with E-state index in [1.54, 1.807) is 18.2 Å². The van der Waals surface area contributed by atoms with Gasteiger partial charge in [-0.1, -0.05) is 12.5 Å². The lowest BCUT2D eigenvalue weighted by Crippen LogP contribution is -2.35. The molecule has 0 aliphatic carbocycles. The minimum atomic E-state index is -0.467. The number of alkyl halides is 1. The molecule has 2 nitrogen and oxygen atoms in total. The Morgan fingerprint density at radius 1 is 1.38 bits per heavy atom. The number of halogens is 1. The summed E-state index contributed by atoms with van der Waals surface area (Å²) in [6, 6.07) is 5.42. The highest BCUT2D eigenvalue weighted by Gasteiger charge is 2.15. The third-order valence-electron chi connectivity index (χ3n) is 3.18. The Balaban J connectivity index is 2.06. The van der Waals surface area contributed by atoms with E-state index >= 15 is 0 Å². The Morgan fingerprint density at radius 2 is 2.25 bits per heavy atom. The van der Waals surface area contributed by atoms with Crippen molar-refractivity contribution in [2.45, 2.75) is 38.4 Å². The quantitative estimate of drug-likeness (QED) is 0.825. The minimum Gasteiger partial charge on any atom is -0.508 e. The molecular formula is C13H18FNO. The Morgan fingerprint density at radius 3 is 2.94 bits per heavy atom. The zero-order valence-corrected chi connectivity index (χ0v) is 9.38. The maximum atomic E-state index is 12.5. The first-order valence-electron chi connectivity index (χ1n) is 5.89. The lowest BCUT2D eigenvalue weighted by molar-refractivity contribution is 0.391. The van der Waals surface area contributed by atoms with Crippen LogP contribution in [0.3, 0.4) is 0 Å². The van der Waals surface area contributed by atoms with Crippen LogP contribution in [0.5, 0.6) is 5.75 Å². The second-order valence-corrected chi connectivity index (χ2v) is 4.45. The summed E-state index contributed by atoms with van der Waals surface area (Å²) < 4.78 is 12.5. The second kappa shape index (κ2) is 5.30. The molecule has 16 heavy (non-hydrogen) atoms. The van der Waals surface area contributed by atoms with Crippen molar-refractivity contribution in [1.82, 2.24) is 5.32 Å². The third-order valence-corrected chi connectivity index (χ3v) is 3.18. The topological polar surface area (TPSA) is 32.3 Å². The summed E-state index contributed by atoms with van der Waals surface area (Å²) in [6.45, 7) is 0.583. The molecule has 2 N–H and O–H groups in total. The number of hydrogen-bond donors (Lipinski definition) is 2. The molecule has 0 bridgehead atoms. The van der Waals surface area contributed by atoms with Gasteiger partial charge in [0.05, 0.1) is 0 Å². The Bertz CT molecular complexity index is 348. The molecule has 1 aromatic carbocycles. The summed E-state index contributed by atoms with van der Waals surface area (Å²) in [5, 5.41) is 13.1. The fraction of sp³-hybridized carbons (Fsp3) is 0.538. The van der Waals surface area contributed by atoms with E-state index in [-0.39, 0.29) is 5.75 Å². The zero-order chi connectivity index (χ0) is 11.4. The predicted octanol–water partition coefficient (Wildman–Crippen LogP) is 2.55. The molecule has 1 saturated heterocycles. The van der Waals surface area contributed by atoms with Crippen molar-refractivity contribution in [1.29, 1.82) is 0 Å². The molecule has 0 saturated carbocycles. The van der Waals surface area contributed by atoms with Gasteiger partial charge in [-0.05, 0) is 49.1 Å². The van der Waals surface area contributed by atoms with Crippen molar-refractivity contribution < 1.29 is 9.50 Å². The molecule has 0 spiro atoms. The summed E-state index contributed by atoms with van der Waals surface area (Å²) in [5.41, 5.74) is 1.50. The number of phenols is 1. The van der Waals surface area contributed by atoms with Crippen LogP contribution in [0, 0.1) is 0 Å². The van der Waals surface area contributed by atoms with Crippen LogP contribution in [0.15, 0.2) is 18.2 Å². The highest BCUT2D eigenvalue weighted by molar-refractivity contribution is 5.36. The fourth-order valence-electron chi connectivity index (χ4n) is 2.25. The lowest BCUT2D eigenvalue weighted by atomic mass is 9.96. The zero-order valence-electron chi connectivity index (χ0n) is 9.38. The van der Waals surface area contributed by atoms with Crippen molar-refractivity contribution in [3.63, 3.8) is 0 Å². The number of hydrogen-bond acceptors (Lipinski definition) is 2. The lowest BCUT2D eigenvalue weighted by Gasteiger charge is -2.23. The molecule has 1 atom stereocenters. The molecule has 3 heteroatoms. The maximum Gasteiger partial charge on any atom is 0.118 e. The monoisotopic (exact) mass is 223 g/mol. The van der Waals surface area contributed by atoms with Crippen molar-refractivity contribution in [2.24, 2.45) is 0 Å². The van der Waals surface area contributed by atoms with Gasteiger partial charge in [-0.25, -0.2) is 4.39 Å². The first kappa shape index (κ1) is 11.4. The maximum absolute atomic E-state index is 12.5. The van der Waals surface area contributed by atoms with Gasteiger partial charge >= 0.3 is 0 Å². The normalized spacial score (nSPS) is 20.9. The average molecular weight is 223 g/mol. The molecule has 2 rings (SSSR count). The van der Waals surface area contributed by atoms with Crippen molar-refractivity contribution in [2.75, 3.05) is 6.54 Å². The molecule has 88 valence electrons. The van der Waals surface area contributed by atoms with Crippen LogP contribution in [0.25, 0.3) is 0 Å². The summed E-state index contributed by atoms with van der Waals surface area (Å²) >= 11 is 0. The van der Waals surface area contributed by atoms with Crippen molar-refractivity contribution >= 4 is 0 Å². The largest absolute Gasteiger partial charge is 0.508 e. The van der Waals surface area contributed by atoms with Crippen LogP contribution in [0.1, 0.15) is 30.4 Å². The number of phenolic OH excluding ortho intramolecular Hbond substituents is 1. The van der Waals surface area contributed by atoms with Gasteiger partial charge in [0, 0.05) is 6.04 Å². The van der Waals surface area contributed by atoms with Gasteiger partial charge < -0.3 is 10.4 Å². The number of rotatable bonds is 3. The van der Waals surface area contributed by atoms with E-state index < -0.39 is 6.67 Å². The van der Waals surface area contributed by atoms with Gasteiger partial charge in [-0.15, -0.1) is 0 Å². The van der Waals surface area contributed by atoms with Crippen LogP contribution >= 0.6 is 0 Å². The van der Waals surface area contributed by atoms with Gasteiger partial charge in [-0.2, -0.15) is 0 Å². The van der Waals surface area contributed by atoms with E-state index in [9.17, 15) is 9.50 Å². The summed E-state index contributed by atoms with van der Waals surface area (Å²) in [6.07, 6.45) is 4.40. The molecule has 0 aromatic heterocycles. The number of benzene rings is 1. The predicted molar refractivity (Wildman–Crippen MR) is 62.3 cm³/mol. The van der Waals surface area contributed by atoms with E-state index in [2.05, 4.69) is 5.32 Å². The molecule has 1 unspecified atom stereocenters. The standard InChI is InChI=1S/C13H18FNO/c14-9-10-4-5-13(16)11(7-10)8-12-3-1-2-6-15-12/h4-5,7,12,15-16H,1-3,6,8-9H2. The second-order valence-electron chi connectivity index (χ2n) is 4.45. The summed E-state index contributed by atoms with van der Waals surface area (Å²) in [5.74, 6) is 0.282. The highest BCUT2D eigenvalue weighted by atomic mass is 19.1. The summed E-state index contributed by atoms with van der Waals surface area (Å²) in [7, 11) is 0. The fourth-order valence-corrected chi connectivity index (χ4v) is 2.25. The molecule has 1 aromatic rings. The first-order valence-corrected chi connectivity index (χ1v) is 5.89. The van der Waals surface area contributed by atoms with Gasteiger partial charge in [-0.3, -0.25) is 0 Å². The third kappa shape index (κ3) is 2.73. The molecule has 0 amide bonds. The van der Waals surface area contributed by atoms with Crippen LogP contribution in [0.2, 0.25) is 0 Å². The van der Waals surface area contributed by atoms with Crippen LogP contribution in [-0.4, -0.2) is 17.7 Å². The Kier molecular flexibility index (Phi) is 3.78. The number of piperidine rings is 1. The van der Waals surface area contributed by atoms with Crippen LogP contribution in [0.4, 0.5) is 4.39 Å². The minimum absolute atomic E-state index is 0.282. The van der Waals surface area contributed by atoms with Crippen LogP contribution < -0.4 is 5.32 Å². The summed E-state index contributed by atoms with van der Waals surface area (Å²) in [4.78, 5) is 0. The molecule has 1 heterocycles. The van der Waals surface area contributed by atoms with E-state index in [1.807, 2.05) is 0 Å². The van der Waals surface area contributed by atoms with Gasteiger partial charge in [0.2, 0.25) is 0 Å². The molecule has 0 radical (unpaired) electrons. The highest BCUT2D eigenvalue weighted by Crippen LogP contribution is 2.22. The number of nitrogens with one attached hydrogen (secondary N) is 1. The van der Waals surface area contributed by atoms with Gasteiger partial charge in [0.15, 0.2) is 0 Å².